The number of aromatic amines is 1. The minimum absolute atomic E-state index is 0.829. The Bertz CT molecular complexity index is 1260. The Morgan fingerprint density at radius 1 is 0.839 bits per heavy atom. The van der Waals surface area contributed by atoms with Crippen molar-refractivity contribution < 1.29 is 0 Å². The maximum atomic E-state index is 4.86. The number of para-hydroxylation sites is 1. The summed E-state index contributed by atoms with van der Waals surface area (Å²) in [6, 6.07) is 24.9. The van der Waals surface area contributed by atoms with E-state index < -0.39 is 0 Å². The maximum absolute atomic E-state index is 4.86. The zero-order valence-electron chi connectivity index (χ0n) is 17.1. The zero-order chi connectivity index (χ0) is 20.9. The molecule has 0 aliphatic rings. The molecule has 0 atom stereocenters. The van der Waals surface area contributed by atoms with Crippen LogP contribution in [-0.2, 0) is 18.7 Å². The molecule has 3 aromatic heterocycles. The predicted octanol–water partition coefficient (Wildman–Crippen LogP) is 5.75. The molecular weight excluding hydrogens is 402 g/mol. The molecule has 154 valence electrons. The van der Waals surface area contributed by atoms with Crippen LogP contribution in [0.5, 0.6) is 0 Å². The molecule has 0 amide bonds. The maximum Gasteiger partial charge on any atom is 0.191 e. The van der Waals surface area contributed by atoms with E-state index in [1.807, 2.05) is 36.5 Å². The van der Waals surface area contributed by atoms with Crippen LogP contribution in [-0.4, -0.2) is 24.7 Å². The van der Waals surface area contributed by atoms with Crippen molar-refractivity contribution in [1.29, 1.82) is 0 Å². The minimum atomic E-state index is 0.829. The molecule has 31 heavy (non-hydrogen) atoms. The second-order valence-corrected chi connectivity index (χ2v) is 8.39. The third-order valence-corrected chi connectivity index (χ3v) is 6.30. The summed E-state index contributed by atoms with van der Waals surface area (Å²) in [5.41, 5.74) is 4.43. The third-order valence-electron chi connectivity index (χ3n) is 5.26. The van der Waals surface area contributed by atoms with Crippen molar-refractivity contribution in [2.75, 3.05) is 0 Å². The van der Waals surface area contributed by atoms with Crippen LogP contribution in [0, 0.1) is 0 Å². The number of H-pyrrole nitrogens is 1. The summed E-state index contributed by atoms with van der Waals surface area (Å²) < 4.78 is 2.22. The average Bonchev–Trinajstić information content (AvgIpc) is 3.48. The number of thioether (sulfide) groups is 1. The fourth-order valence-corrected chi connectivity index (χ4v) is 4.57. The summed E-state index contributed by atoms with van der Waals surface area (Å²) in [4.78, 5) is 7.99. The van der Waals surface area contributed by atoms with Crippen molar-refractivity contribution in [2.24, 2.45) is 0 Å². The highest BCUT2D eigenvalue weighted by atomic mass is 32.2. The number of hydrogen-bond acceptors (Lipinski definition) is 4. The standard InChI is InChI=1S/C25H23N5S/c1-2-7-20(8-3-1)18-31-25-29-28-24(30(25)16-6-9-19-14-15-26-17-19)23-13-12-21-10-4-5-11-22(21)27-23/h1-5,7-8,10-15,17,26H,6,9,16,18H2. The highest BCUT2D eigenvalue weighted by Gasteiger charge is 2.16. The predicted molar refractivity (Wildman–Crippen MR) is 126 cm³/mol. The Balaban J connectivity index is 1.43. The van der Waals surface area contributed by atoms with Crippen LogP contribution in [0.4, 0.5) is 0 Å². The Kier molecular flexibility index (Phi) is 5.80. The van der Waals surface area contributed by atoms with E-state index >= 15 is 0 Å². The summed E-state index contributed by atoms with van der Waals surface area (Å²) >= 11 is 1.72. The second-order valence-electron chi connectivity index (χ2n) is 7.44. The number of aryl methyl sites for hydroxylation is 1. The first-order valence-corrected chi connectivity index (χ1v) is 11.4. The lowest BCUT2D eigenvalue weighted by molar-refractivity contribution is 0.599. The van der Waals surface area contributed by atoms with E-state index in [2.05, 4.69) is 68.4 Å². The fraction of sp³-hybridized carbons (Fsp3) is 0.160. The Morgan fingerprint density at radius 3 is 2.58 bits per heavy atom. The summed E-state index contributed by atoms with van der Waals surface area (Å²) in [5.74, 6) is 1.69. The minimum Gasteiger partial charge on any atom is -0.367 e. The lowest BCUT2D eigenvalue weighted by Crippen LogP contribution is -2.05. The first-order chi connectivity index (χ1) is 15.4. The number of benzene rings is 2. The summed E-state index contributed by atoms with van der Waals surface area (Å²) in [5, 5.41) is 11.1. The van der Waals surface area contributed by atoms with E-state index in [1.165, 1.54) is 11.1 Å². The molecule has 0 fully saturated rings. The normalized spacial score (nSPS) is 11.2. The molecule has 0 spiro atoms. The Hall–Kier alpha value is -3.38. The van der Waals surface area contributed by atoms with Crippen LogP contribution in [0.3, 0.4) is 0 Å². The number of nitrogens with one attached hydrogen (secondary N) is 1. The number of rotatable bonds is 8. The SMILES string of the molecule is c1ccc(CSc2nnc(-c3ccc4ccccc4n3)n2CCCc2cc[nH]c2)cc1. The van der Waals surface area contributed by atoms with Crippen LogP contribution in [0.2, 0.25) is 0 Å². The van der Waals surface area contributed by atoms with Crippen LogP contribution < -0.4 is 0 Å². The van der Waals surface area contributed by atoms with Gasteiger partial charge in [0.05, 0.1) is 5.52 Å². The highest BCUT2D eigenvalue weighted by molar-refractivity contribution is 7.98. The Labute approximate surface area is 185 Å². The van der Waals surface area contributed by atoms with Crippen molar-refractivity contribution in [2.45, 2.75) is 30.3 Å². The molecule has 0 saturated heterocycles. The summed E-state index contributed by atoms with van der Waals surface area (Å²) in [7, 11) is 0. The molecule has 3 heterocycles. The van der Waals surface area contributed by atoms with Crippen molar-refractivity contribution in [1.82, 2.24) is 24.7 Å². The molecule has 0 aliphatic carbocycles. The van der Waals surface area contributed by atoms with Gasteiger partial charge in [-0.15, -0.1) is 10.2 Å². The van der Waals surface area contributed by atoms with Crippen LogP contribution in [0.15, 0.2) is 90.3 Å². The van der Waals surface area contributed by atoms with Gasteiger partial charge in [-0.05, 0) is 42.2 Å². The number of fused-ring (bicyclic) bond motifs is 1. The molecule has 6 heteroatoms. The molecule has 2 aromatic carbocycles. The Morgan fingerprint density at radius 2 is 1.71 bits per heavy atom. The number of aromatic nitrogens is 5. The van der Waals surface area contributed by atoms with Gasteiger partial charge in [0.1, 0.15) is 5.69 Å². The molecule has 0 bridgehead atoms. The van der Waals surface area contributed by atoms with Gasteiger partial charge in [0, 0.05) is 30.1 Å². The zero-order valence-corrected chi connectivity index (χ0v) is 17.9. The fourth-order valence-electron chi connectivity index (χ4n) is 3.65. The lowest BCUT2D eigenvalue weighted by Gasteiger charge is -2.10. The molecule has 0 aliphatic heterocycles. The lowest BCUT2D eigenvalue weighted by atomic mass is 10.2. The van der Waals surface area contributed by atoms with Gasteiger partial charge < -0.3 is 9.55 Å². The van der Waals surface area contributed by atoms with Gasteiger partial charge in [0.2, 0.25) is 0 Å². The van der Waals surface area contributed by atoms with E-state index in [-0.39, 0.29) is 0 Å². The summed E-state index contributed by atoms with van der Waals surface area (Å²) in [6.07, 6.45) is 6.05. The highest BCUT2D eigenvalue weighted by Crippen LogP contribution is 2.27. The topological polar surface area (TPSA) is 59.4 Å². The molecule has 0 saturated carbocycles. The first kappa shape index (κ1) is 19.6. The summed E-state index contributed by atoms with van der Waals surface area (Å²) in [6.45, 7) is 0.846. The van der Waals surface area contributed by atoms with Crippen molar-refractivity contribution in [3.8, 4) is 11.5 Å². The van der Waals surface area contributed by atoms with Gasteiger partial charge in [-0.1, -0.05) is 66.4 Å². The molecule has 5 aromatic rings. The van der Waals surface area contributed by atoms with E-state index in [1.54, 1.807) is 11.8 Å². The average molecular weight is 426 g/mol. The van der Waals surface area contributed by atoms with Gasteiger partial charge in [-0.25, -0.2) is 4.98 Å². The molecule has 0 unspecified atom stereocenters. The molecule has 0 radical (unpaired) electrons. The molecule has 5 rings (SSSR count). The second kappa shape index (κ2) is 9.18. The molecular formula is C25H23N5S. The number of pyridine rings is 1. The first-order valence-electron chi connectivity index (χ1n) is 10.4. The van der Waals surface area contributed by atoms with Gasteiger partial charge in [0.25, 0.3) is 0 Å². The third kappa shape index (κ3) is 4.54. The largest absolute Gasteiger partial charge is 0.367 e. The molecule has 1 N–H and O–H groups in total. The van der Waals surface area contributed by atoms with E-state index in [4.69, 9.17) is 4.98 Å². The van der Waals surface area contributed by atoms with E-state index in [9.17, 15) is 0 Å². The van der Waals surface area contributed by atoms with Gasteiger partial charge in [-0.3, -0.25) is 0 Å². The van der Waals surface area contributed by atoms with Crippen molar-refractivity contribution in [3.63, 3.8) is 0 Å². The van der Waals surface area contributed by atoms with Gasteiger partial charge in [0.15, 0.2) is 11.0 Å². The van der Waals surface area contributed by atoms with Crippen LogP contribution >= 0.6 is 11.8 Å². The van der Waals surface area contributed by atoms with Crippen molar-refractivity contribution >= 4 is 22.7 Å². The quantitative estimate of drug-likeness (QED) is 0.322. The van der Waals surface area contributed by atoms with E-state index in [0.717, 1.165) is 52.7 Å². The van der Waals surface area contributed by atoms with Crippen LogP contribution in [0.1, 0.15) is 17.5 Å². The van der Waals surface area contributed by atoms with Crippen molar-refractivity contribution in [3.05, 3.63) is 96.3 Å². The van der Waals surface area contributed by atoms with Crippen LogP contribution in [0.25, 0.3) is 22.4 Å². The van der Waals surface area contributed by atoms with E-state index in [0.29, 0.717) is 0 Å². The number of hydrogen-bond donors (Lipinski definition) is 1. The monoisotopic (exact) mass is 425 g/mol. The van der Waals surface area contributed by atoms with Gasteiger partial charge >= 0.3 is 0 Å². The van der Waals surface area contributed by atoms with Gasteiger partial charge in [-0.2, -0.15) is 0 Å². The number of nitrogens with zero attached hydrogens (tertiary/aromatic N) is 4. The smallest absolute Gasteiger partial charge is 0.191 e. The molecule has 5 nitrogen and oxygen atoms in total.